The van der Waals surface area contributed by atoms with E-state index in [4.69, 9.17) is 0 Å². The molecule has 1 aliphatic rings. The molecule has 1 amide bonds. The normalized spacial score (nSPS) is 19.1. The Kier molecular flexibility index (Phi) is 7.20. The van der Waals surface area contributed by atoms with Gasteiger partial charge in [-0.15, -0.1) is 0 Å². The van der Waals surface area contributed by atoms with Crippen LogP contribution < -0.4 is 5.32 Å². The van der Waals surface area contributed by atoms with E-state index in [0.717, 1.165) is 12.8 Å². The van der Waals surface area contributed by atoms with Crippen molar-refractivity contribution in [2.45, 2.75) is 39.0 Å². The van der Waals surface area contributed by atoms with Crippen LogP contribution in [0.15, 0.2) is 24.3 Å². The van der Waals surface area contributed by atoms with Gasteiger partial charge >= 0.3 is 0 Å². The number of hydrogen-bond donors (Lipinski definition) is 1. The van der Waals surface area contributed by atoms with Gasteiger partial charge in [-0.25, -0.2) is 0 Å². The van der Waals surface area contributed by atoms with Crippen LogP contribution in [0.4, 0.5) is 0 Å². The number of rotatable bonds is 7. The first-order chi connectivity index (χ1) is 12.2. The van der Waals surface area contributed by atoms with Crippen LogP contribution in [0.5, 0.6) is 0 Å². The van der Waals surface area contributed by atoms with Crippen molar-refractivity contribution in [2.75, 3.05) is 33.7 Å². The quantitative estimate of drug-likeness (QED) is 0.785. The fourth-order valence-electron chi connectivity index (χ4n) is 3.14. The third-order valence-electron chi connectivity index (χ3n) is 4.90. The number of nitrogens with one attached hydrogen (secondary N) is 1. The lowest BCUT2D eigenvalue weighted by atomic mass is 9.98. The predicted octanol–water partition coefficient (Wildman–Crippen LogP) is 1.99. The van der Waals surface area contributed by atoms with E-state index < -0.39 is 10.2 Å². The molecule has 1 aliphatic heterocycles. The number of hydrogen-bond acceptors (Lipinski definition) is 3. The molecule has 0 aliphatic carbocycles. The van der Waals surface area contributed by atoms with E-state index in [2.05, 4.69) is 43.4 Å². The second kappa shape index (κ2) is 8.97. The number of carbonyl (C=O) groups excluding carboxylic acids is 1. The van der Waals surface area contributed by atoms with Crippen LogP contribution in [0.25, 0.3) is 0 Å². The molecule has 0 radical (unpaired) electrons. The minimum atomic E-state index is -3.45. The molecular formula is C19H31N3O3S. The van der Waals surface area contributed by atoms with Crippen LogP contribution in [0.1, 0.15) is 43.7 Å². The Morgan fingerprint density at radius 1 is 1.27 bits per heavy atom. The van der Waals surface area contributed by atoms with Gasteiger partial charge in [-0.05, 0) is 36.3 Å². The molecule has 0 bridgehead atoms. The van der Waals surface area contributed by atoms with E-state index in [0.29, 0.717) is 25.4 Å². The SMILES string of the molecule is CC(C)c1ccc(CCNC(=O)[C@@H]2CCCN(S(=O)(=O)N(C)C)C2)cc1. The fraction of sp³-hybridized carbons (Fsp3) is 0.632. The van der Waals surface area contributed by atoms with Crippen LogP contribution in [-0.2, 0) is 21.4 Å². The summed E-state index contributed by atoms with van der Waals surface area (Å²) in [6.45, 7) is 5.64. The standard InChI is InChI=1S/C19H31N3O3S/c1-15(2)17-9-7-16(8-10-17)11-12-20-19(23)18-6-5-13-22(14-18)26(24,25)21(3)4/h7-10,15,18H,5-6,11-14H2,1-4H3,(H,20,23)/t18-/m1/s1. The smallest absolute Gasteiger partial charge is 0.281 e. The lowest BCUT2D eigenvalue weighted by Crippen LogP contribution is -2.49. The molecule has 1 saturated heterocycles. The van der Waals surface area contributed by atoms with Gasteiger partial charge in [-0.3, -0.25) is 4.79 Å². The average molecular weight is 382 g/mol. The molecule has 6 nitrogen and oxygen atoms in total. The molecule has 2 rings (SSSR count). The summed E-state index contributed by atoms with van der Waals surface area (Å²) in [5.74, 6) is 0.181. The maximum Gasteiger partial charge on any atom is 0.281 e. The molecule has 1 aromatic carbocycles. The highest BCUT2D eigenvalue weighted by atomic mass is 32.2. The number of nitrogens with zero attached hydrogens (tertiary/aromatic N) is 2. The van der Waals surface area contributed by atoms with Gasteiger partial charge in [0, 0.05) is 33.7 Å². The van der Waals surface area contributed by atoms with Gasteiger partial charge in [-0.1, -0.05) is 38.1 Å². The topological polar surface area (TPSA) is 69.7 Å². The van der Waals surface area contributed by atoms with Crippen molar-refractivity contribution in [3.05, 3.63) is 35.4 Å². The summed E-state index contributed by atoms with van der Waals surface area (Å²) in [5.41, 5.74) is 2.50. The fourth-order valence-corrected chi connectivity index (χ4v) is 4.33. The molecule has 0 aromatic heterocycles. The highest BCUT2D eigenvalue weighted by molar-refractivity contribution is 7.86. The van der Waals surface area contributed by atoms with Crippen LogP contribution in [0.2, 0.25) is 0 Å². The Labute approximate surface area is 157 Å². The summed E-state index contributed by atoms with van der Waals surface area (Å²) in [6.07, 6.45) is 2.22. The first-order valence-electron chi connectivity index (χ1n) is 9.26. The van der Waals surface area contributed by atoms with Gasteiger partial charge in [0.1, 0.15) is 0 Å². The van der Waals surface area contributed by atoms with Crippen molar-refractivity contribution >= 4 is 16.1 Å². The molecule has 1 aromatic rings. The van der Waals surface area contributed by atoms with Crippen LogP contribution in [0, 0.1) is 5.92 Å². The van der Waals surface area contributed by atoms with Crippen molar-refractivity contribution in [1.82, 2.24) is 13.9 Å². The Bertz CT molecular complexity index is 699. The predicted molar refractivity (Wildman–Crippen MR) is 104 cm³/mol. The van der Waals surface area contributed by atoms with E-state index in [1.54, 1.807) is 0 Å². The Hall–Kier alpha value is -1.44. The Morgan fingerprint density at radius 2 is 1.92 bits per heavy atom. The zero-order valence-electron chi connectivity index (χ0n) is 16.2. The van der Waals surface area contributed by atoms with Crippen LogP contribution in [0.3, 0.4) is 0 Å². The lowest BCUT2D eigenvalue weighted by Gasteiger charge is -2.32. The maximum atomic E-state index is 12.4. The van der Waals surface area contributed by atoms with Gasteiger partial charge in [-0.2, -0.15) is 17.0 Å². The molecule has 1 heterocycles. The summed E-state index contributed by atoms with van der Waals surface area (Å²) >= 11 is 0. The van der Waals surface area contributed by atoms with E-state index in [-0.39, 0.29) is 18.4 Å². The van der Waals surface area contributed by atoms with E-state index in [9.17, 15) is 13.2 Å². The van der Waals surface area contributed by atoms with Gasteiger partial charge in [0.25, 0.3) is 10.2 Å². The highest BCUT2D eigenvalue weighted by Gasteiger charge is 2.33. The zero-order valence-corrected chi connectivity index (χ0v) is 17.1. The summed E-state index contributed by atoms with van der Waals surface area (Å²) in [4.78, 5) is 12.4. The molecular weight excluding hydrogens is 350 g/mol. The molecule has 1 atom stereocenters. The van der Waals surface area contributed by atoms with E-state index in [1.165, 1.54) is 33.8 Å². The Balaban J connectivity index is 1.84. The first kappa shape index (κ1) is 20.9. The van der Waals surface area contributed by atoms with Crippen molar-refractivity contribution in [2.24, 2.45) is 5.92 Å². The van der Waals surface area contributed by atoms with Crippen molar-refractivity contribution < 1.29 is 13.2 Å². The number of amides is 1. The van der Waals surface area contributed by atoms with Crippen molar-refractivity contribution in [3.8, 4) is 0 Å². The second-order valence-corrected chi connectivity index (χ2v) is 9.57. The monoisotopic (exact) mass is 381 g/mol. The van der Waals surface area contributed by atoms with Gasteiger partial charge in [0.2, 0.25) is 5.91 Å². The first-order valence-corrected chi connectivity index (χ1v) is 10.7. The van der Waals surface area contributed by atoms with E-state index >= 15 is 0 Å². The van der Waals surface area contributed by atoms with Crippen molar-refractivity contribution in [3.63, 3.8) is 0 Å². The average Bonchev–Trinajstić information content (AvgIpc) is 2.62. The van der Waals surface area contributed by atoms with Gasteiger partial charge in [0.05, 0.1) is 5.92 Å². The largest absolute Gasteiger partial charge is 0.355 e. The third kappa shape index (κ3) is 5.28. The minimum Gasteiger partial charge on any atom is -0.355 e. The summed E-state index contributed by atoms with van der Waals surface area (Å²) in [7, 11) is -0.420. The van der Waals surface area contributed by atoms with Crippen LogP contribution in [-0.4, -0.2) is 56.7 Å². The number of carbonyl (C=O) groups is 1. The molecule has 0 saturated carbocycles. The van der Waals surface area contributed by atoms with E-state index in [1.807, 2.05) is 0 Å². The van der Waals surface area contributed by atoms with Gasteiger partial charge < -0.3 is 5.32 Å². The molecule has 0 unspecified atom stereocenters. The third-order valence-corrected chi connectivity index (χ3v) is 6.81. The van der Waals surface area contributed by atoms with Gasteiger partial charge in [0.15, 0.2) is 0 Å². The molecule has 7 heteroatoms. The maximum absolute atomic E-state index is 12.4. The number of benzene rings is 1. The van der Waals surface area contributed by atoms with Crippen molar-refractivity contribution in [1.29, 1.82) is 0 Å². The summed E-state index contributed by atoms with van der Waals surface area (Å²) < 4.78 is 27.1. The Morgan fingerprint density at radius 3 is 2.50 bits per heavy atom. The lowest BCUT2D eigenvalue weighted by molar-refractivity contribution is -0.126. The molecule has 26 heavy (non-hydrogen) atoms. The number of piperidine rings is 1. The molecule has 1 N–H and O–H groups in total. The summed E-state index contributed by atoms with van der Waals surface area (Å²) in [5, 5.41) is 2.97. The molecule has 1 fully saturated rings. The zero-order chi connectivity index (χ0) is 19.3. The summed E-state index contributed by atoms with van der Waals surface area (Å²) in [6, 6.07) is 8.47. The molecule has 146 valence electrons. The van der Waals surface area contributed by atoms with Crippen LogP contribution >= 0.6 is 0 Å². The second-order valence-electron chi connectivity index (χ2n) is 7.42. The highest BCUT2D eigenvalue weighted by Crippen LogP contribution is 2.20. The molecule has 0 spiro atoms. The minimum absolute atomic E-state index is 0.0533.